The first kappa shape index (κ1) is 18.1. The van der Waals surface area contributed by atoms with Gasteiger partial charge in [0, 0.05) is 21.8 Å². The molecule has 0 radical (unpaired) electrons. The molecule has 1 heterocycles. The van der Waals surface area contributed by atoms with Gasteiger partial charge in [-0.3, -0.25) is 0 Å². The third kappa shape index (κ3) is 3.87. The Hall–Kier alpha value is -3.25. The van der Waals surface area contributed by atoms with E-state index in [2.05, 4.69) is 15.5 Å². The maximum atomic E-state index is 13.6. The first-order valence-corrected chi connectivity index (χ1v) is 8.84. The second-order valence-corrected chi connectivity index (χ2v) is 6.47. The fraction of sp³-hybridized carbons (Fsp3) is 0.0476. The van der Waals surface area contributed by atoms with Crippen LogP contribution in [0.4, 0.5) is 14.5 Å². The van der Waals surface area contributed by atoms with E-state index in [0.717, 1.165) is 5.56 Å². The van der Waals surface area contributed by atoms with Crippen molar-refractivity contribution < 1.29 is 13.2 Å². The van der Waals surface area contributed by atoms with Gasteiger partial charge in [-0.05, 0) is 42.5 Å². The van der Waals surface area contributed by atoms with E-state index in [-0.39, 0.29) is 10.9 Å². The Morgan fingerprint density at radius 3 is 2.39 bits per heavy atom. The Labute approximate surface area is 164 Å². The summed E-state index contributed by atoms with van der Waals surface area (Å²) in [6, 6.07) is 18.6. The fourth-order valence-electron chi connectivity index (χ4n) is 2.80. The van der Waals surface area contributed by atoms with Crippen LogP contribution in [0.1, 0.15) is 17.5 Å². The molecular formula is C21H14ClF2N3O. The van der Waals surface area contributed by atoms with Crippen molar-refractivity contribution in [1.29, 1.82) is 0 Å². The number of rotatable bonds is 5. The summed E-state index contributed by atoms with van der Waals surface area (Å²) in [5, 5.41) is 11.5. The molecule has 0 unspecified atom stereocenters. The average molecular weight is 398 g/mol. The van der Waals surface area contributed by atoms with Gasteiger partial charge in [-0.25, -0.2) is 8.78 Å². The molecule has 28 heavy (non-hydrogen) atoms. The molecule has 140 valence electrons. The van der Waals surface area contributed by atoms with E-state index >= 15 is 0 Å². The molecule has 1 N–H and O–H groups in total. The van der Waals surface area contributed by atoms with Crippen molar-refractivity contribution >= 4 is 17.3 Å². The van der Waals surface area contributed by atoms with Gasteiger partial charge in [-0.1, -0.05) is 41.9 Å². The Balaban J connectivity index is 1.75. The second-order valence-electron chi connectivity index (χ2n) is 6.07. The van der Waals surface area contributed by atoms with Gasteiger partial charge < -0.3 is 9.73 Å². The van der Waals surface area contributed by atoms with Gasteiger partial charge in [0.2, 0.25) is 11.8 Å². The van der Waals surface area contributed by atoms with Crippen molar-refractivity contribution in [2.45, 2.75) is 6.04 Å². The van der Waals surface area contributed by atoms with E-state index in [1.54, 1.807) is 12.1 Å². The number of hydrogen-bond acceptors (Lipinski definition) is 4. The molecule has 4 nitrogen and oxygen atoms in total. The fourth-order valence-corrected chi connectivity index (χ4v) is 3.08. The van der Waals surface area contributed by atoms with Crippen LogP contribution in [0.2, 0.25) is 5.02 Å². The Morgan fingerprint density at radius 2 is 1.64 bits per heavy atom. The van der Waals surface area contributed by atoms with Gasteiger partial charge in [0.05, 0.1) is 0 Å². The molecule has 4 rings (SSSR count). The van der Waals surface area contributed by atoms with E-state index in [9.17, 15) is 8.78 Å². The third-order valence-corrected chi connectivity index (χ3v) is 4.44. The maximum absolute atomic E-state index is 13.6. The van der Waals surface area contributed by atoms with Crippen molar-refractivity contribution in [3.05, 3.63) is 101 Å². The molecule has 0 saturated heterocycles. The highest BCUT2D eigenvalue weighted by atomic mass is 35.5. The van der Waals surface area contributed by atoms with Crippen molar-refractivity contribution in [2.75, 3.05) is 5.32 Å². The Bertz CT molecular complexity index is 1100. The average Bonchev–Trinajstić information content (AvgIpc) is 3.17. The first-order chi connectivity index (χ1) is 13.6. The van der Waals surface area contributed by atoms with Gasteiger partial charge in [-0.15, -0.1) is 10.2 Å². The van der Waals surface area contributed by atoms with Crippen LogP contribution in [0.5, 0.6) is 0 Å². The minimum Gasteiger partial charge on any atom is -0.418 e. The number of benzene rings is 3. The van der Waals surface area contributed by atoms with Crippen LogP contribution in [0.25, 0.3) is 11.5 Å². The maximum Gasteiger partial charge on any atom is 0.247 e. The van der Waals surface area contributed by atoms with Crippen LogP contribution >= 0.6 is 11.6 Å². The number of nitrogens with zero attached hydrogens (tertiary/aromatic N) is 2. The number of anilines is 1. The zero-order valence-corrected chi connectivity index (χ0v) is 15.2. The monoisotopic (exact) mass is 397 g/mol. The zero-order valence-electron chi connectivity index (χ0n) is 14.4. The van der Waals surface area contributed by atoms with Crippen LogP contribution in [-0.4, -0.2) is 10.2 Å². The van der Waals surface area contributed by atoms with E-state index in [0.29, 0.717) is 17.1 Å². The molecule has 0 spiro atoms. The summed E-state index contributed by atoms with van der Waals surface area (Å²) < 4.78 is 33.0. The first-order valence-electron chi connectivity index (χ1n) is 8.46. The molecule has 0 saturated carbocycles. The molecule has 0 fully saturated rings. The molecule has 0 aliphatic rings. The zero-order chi connectivity index (χ0) is 19.5. The van der Waals surface area contributed by atoms with E-state index in [1.807, 2.05) is 30.3 Å². The van der Waals surface area contributed by atoms with Crippen LogP contribution in [-0.2, 0) is 0 Å². The quantitative estimate of drug-likeness (QED) is 0.457. The second kappa shape index (κ2) is 7.78. The van der Waals surface area contributed by atoms with Gasteiger partial charge in [0.15, 0.2) is 0 Å². The molecule has 0 amide bonds. The Kier molecular flexibility index (Phi) is 5.04. The molecule has 3 aromatic carbocycles. The molecule has 0 aliphatic heterocycles. The minimum atomic E-state index is -0.695. The highest BCUT2D eigenvalue weighted by molar-refractivity contribution is 6.31. The summed E-state index contributed by atoms with van der Waals surface area (Å²) in [5.41, 5.74) is 1.77. The summed E-state index contributed by atoms with van der Waals surface area (Å²) in [4.78, 5) is 0. The van der Waals surface area contributed by atoms with Crippen molar-refractivity contribution in [3.63, 3.8) is 0 Å². The smallest absolute Gasteiger partial charge is 0.247 e. The van der Waals surface area contributed by atoms with Crippen molar-refractivity contribution in [1.82, 2.24) is 10.2 Å². The SMILES string of the molecule is Fc1cccc(N[C@@H](c2nnc(-c3ccccc3)o2)c2ccc(F)cc2Cl)c1. The minimum absolute atomic E-state index is 0.188. The van der Waals surface area contributed by atoms with Gasteiger partial charge in [0.1, 0.15) is 17.7 Å². The molecule has 1 aromatic heterocycles. The van der Waals surface area contributed by atoms with Crippen LogP contribution in [0.15, 0.2) is 77.2 Å². The summed E-state index contributed by atoms with van der Waals surface area (Å²) in [6.45, 7) is 0. The molecular weight excluding hydrogens is 384 g/mol. The number of aromatic nitrogens is 2. The molecule has 4 aromatic rings. The summed E-state index contributed by atoms with van der Waals surface area (Å²) in [5.74, 6) is -0.310. The van der Waals surface area contributed by atoms with Gasteiger partial charge in [-0.2, -0.15) is 0 Å². The van der Waals surface area contributed by atoms with Gasteiger partial charge in [0.25, 0.3) is 0 Å². The normalized spacial score (nSPS) is 12.0. The summed E-state index contributed by atoms with van der Waals surface area (Å²) in [7, 11) is 0. The van der Waals surface area contributed by atoms with Crippen LogP contribution in [0, 0.1) is 11.6 Å². The standard InChI is InChI=1S/C21H14ClF2N3O/c22-18-12-15(24)9-10-17(18)19(25-16-8-4-7-14(23)11-16)21-27-26-20(28-21)13-5-2-1-3-6-13/h1-12,19,25H/t19-/m1/s1. The van der Waals surface area contributed by atoms with E-state index < -0.39 is 17.7 Å². The van der Waals surface area contributed by atoms with E-state index in [4.69, 9.17) is 16.0 Å². The predicted molar refractivity (Wildman–Crippen MR) is 103 cm³/mol. The summed E-state index contributed by atoms with van der Waals surface area (Å²) in [6.07, 6.45) is 0. The summed E-state index contributed by atoms with van der Waals surface area (Å²) >= 11 is 6.25. The Morgan fingerprint density at radius 1 is 0.857 bits per heavy atom. The third-order valence-electron chi connectivity index (χ3n) is 4.12. The highest BCUT2D eigenvalue weighted by Gasteiger charge is 2.24. The van der Waals surface area contributed by atoms with E-state index in [1.165, 1.54) is 30.3 Å². The van der Waals surface area contributed by atoms with Crippen LogP contribution in [0.3, 0.4) is 0 Å². The predicted octanol–water partition coefficient (Wildman–Crippen LogP) is 5.87. The number of halogens is 3. The largest absolute Gasteiger partial charge is 0.418 e. The lowest BCUT2D eigenvalue weighted by atomic mass is 10.1. The number of hydrogen-bond donors (Lipinski definition) is 1. The lowest BCUT2D eigenvalue weighted by molar-refractivity contribution is 0.493. The van der Waals surface area contributed by atoms with Crippen molar-refractivity contribution in [2.24, 2.45) is 0 Å². The molecule has 7 heteroatoms. The molecule has 0 aliphatic carbocycles. The molecule has 1 atom stereocenters. The molecule has 0 bridgehead atoms. The lowest BCUT2D eigenvalue weighted by Crippen LogP contribution is -2.13. The van der Waals surface area contributed by atoms with Crippen molar-refractivity contribution in [3.8, 4) is 11.5 Å². The lowest BCUT2D eigenvalue weighted by Gasteiger charge is -2.18. The van der Waals surface area contributed by atoms with Gasteiger partial charge >= 0.3 is 0 Å². The topological polar surface area (TPSA) is 51.0 Å². The highest BCUT2D eigenvalue weighted by Crippen LogP contribution is 2.33. The van der Waals surface area contributed by atoms with Crippen LogP contribution < -0.4 is 5.32 Å². The number of nitrogens with one attached hydrogen (secondary N) is 1.